The number of hydrogen-bond acceptors (Lipinski definition) is 4. The number of alkyl halides is 3. The van der Waals surface area contributed by atoms with Crippen LogP contribution in [0.2, 0.25) is 0 Å². The van der Waals surface area contributed by atoms with Gasteiger partial charge in [-0.3, -0.25) is 4.98 Å². The lowest BCUT2D eigenvalue weighted by molar-refractivity contribution is -0.137. The molecule has 104 valence electrons. The van der Waals surface area contributed by atoms with Crippen LogP contribution in [0.1, 0.15) is 11.1 Å². The molecule has 0 saturated heterocycles. The molecule has 7 heteroatoms. The fourth-order valence-corrected chi connectivity index (χ4v) is 1.80. The monoisotopic (exact) mass is 281 g/mol. The Labute approximate surface area is 112 Å². The van der Waals surface area contributed by atoms with Gasteiger partial charge in [-0.05, 0) is 24.3 Å². The van der Waals surface area contributed by atoms with Crippen LogP contribution < -0.4 is 5.73 Å². The van der Waals surface area contributed by atoms with Gasteiger partial charge in [0.2, 0.25) is 0 Å². The van der Waals surface area contributed by atoms with E-state index >= 15 is 0 Å². The molecule has 0 bridgehead atoms. The second-order valence-corrected chi connectivity index (χ2v) is 4.04. The van der Waals surface area contributed by atoms with Crippen LogP contribution in [0.4, 0.5) is 18.9 Å². The maximum atomic E-state index is 12.8. The van der Waals surface area contributed by atoms with Gasteiger partial charge in [-0.1, -0.05) is 0 Å². The lowest BCUT2D eigenvalue weighted by atomic mass is 9.98. The second-order valence-electron chi connectivity index (χ2n) is 4.04. The third-order valence-corrected chi connectivity index (χ3v) is 2.73. The minimum Gasteiger partial charge on any atom is -0.506 e. The largest absolute Gasteiger partial charge is 0.506 e. The van der Waals surface area contributed by atoms with E-state index < -0.39 is 11.7 Å². The molecule has 0 radical (unpaired) electrons. The van der Waals surface area contributed by atoms with Crippen molar-refractivity contribution in [3.8, 4) is 17.0 Å². The van der Waals surface area contributed by atoms with Crippen molar-refractivity contribution in [2.24, 2.45) is 0 Å². The first-order valence-electron chi connectivity index (χ1n) is 5.50. The molecule has 0 spiro atoms. The normalized spacial score (nSPS) is 11.3. The molecule has 20 heavy (non-hydrogen) atoms. The fourth-order valence-electron chi connectivity index (χ4n) is 1.80. The Morgan fingerprint density at radius 2 is 2.00 bits per heavy atom. The third kappa shape index (κ3) is 2.42. The van der Waals surface area contributed by atoms with Crippen LogP contribution in [-0.4, -0.2) is 16.3 Å². The molecule has 0 fully saturated rings. The van der Waals surface area contributed by atoms with E-state index in [0.717, 1.165) is 18.3 Å². The van der Waals surface area contributed by atoms with E-state index in [1.165, 1.54) is 18.3 Å². The second kappa shape index (κ2) is 4.84. The van der Waals surface area contributed by atoms with Crippen LogP contribution in [-0.2, 0) is 6.18 Å². The lowest BCUT2D eigenvalue weighted by Gasteiger charge is -2.14. The number of hydrogen-bond donors (Lipinski definition) is 3. The summed E-state index contributed by atoms with van der Waals surface area (Å²) in [5.41, 5.74) is 4.39. The molecule has 0 saturated carbocycles. The smallest absolute Gasteiger partial charge is 0.416 e. The standard InChI is InChI=1S/C13H10F3N3O/c14-13(15,16)7-4-8(9(6-17)10(18)5-7)12-11(20)2-1-3-19-12/h1-6,17,20H,18H2. The molecule has 1 aromatic carbocycles. The fraction of sp³-hybridized carbons (Fsp3) is 0.0769. The highest BCUT2D eigenvalue weighted by atomic mass is 19.4. The van der Waals surface area contributed by atoms with Gasteiger partial charge in [0.15, 0.2) is 0 Å². The maximum Gasteiger partial charge on any atom is 0.416 e. The highest BCUT2D eigenvalue weighted by Crippen LogP contribution is 2.37. The van der Waals surface area contributed by atoms with E-state index in [1.54, 1.807) is 0 Å². The maximum absolute atomic E-state index is 12.8. The zero-order valence-corrected chi connectivity index (χ0v) is 10.1. The molecule has 4 nitrogen and oxygen atoms in total. The molecule has 2 aromatic rings. The number of halogens is 3. The quantitative estimate of drug-likeness (QED) is 0.584. The molecule has 2 rings (SSSR count). The van der Waals surface area contributed by atoms with Gasteiger partial charge in [0.05, 0.1) is 5.56 Å². The van der Waals surface area contributed by atoms with Gasteiger partial charge in [-0.2, -0.15) is 13.2 Å². The molecule has 1 aromatic heterocycles. The Bertz CT molecular complexity index is 668. The molecule has 0 atom stereocenters. The molecule has 4 N–H and O–H groups in total. The summed E-state index contributed by atoms with van der Waals surface area (Å²) in [6, 6.07) is 4.31. The van der Waals surface area contributed by atoms with E-state index in [9.17, 15) is 18.3 Å². The van der Waals surface area contributed by atoms with Crippen molar-refractivity contribution in [3.63, 3.8) is 0 Å². The van der Waals surface area contributed by atoms with Gasteiger partial charge in [0, 0.05) is 29.2 Å². The van der Waals surface area contributed by atoms with Gasteiger partial charge < -0.3 is 16.2 Å². The minimum absolute atomic E-state index is 0.0366. The van der Waals surface area contributed by atoms with Gasteiger partial charge >= 0.3 is 6.18 Å². The molecule has 0 amide bonds. The average Bonchev–Trinajstić information content (AvgIpc) is 2.37. The minimum atomic E-state index is -4.58. The summed E-state index contributed by atoms with van der Waals surface area (Å²) in [7, 11) is 0. The molecule has 0 aliphatic rings. The Balaban J connectivity index is 2.77. The Kier molecular flexibility index (Phi) is 3.35. The third-order valence-electron chi connectivity index (χ3n) is 2.73. The summed E-state index contributed by atoms with van der Waals surface area (Å²) in [5.74, 6) is -0.283. The molecular weight excluding hydrogens is 271 g/mol. The number of nitrogens with two attached hydrogens (primary N) is 1. The number of rotatable bonds is 2. The van der Waals surface area contributed by atoms with Crippen molar-refractivity contribution >= 4 is 11.9 Å². The highest BCUT2D eigenvalue weighted by Gasteiger charge is 2.32. The molecule has 0 aliphatic heterocycles. The number of aromatic nitrogens is 1. The molecule has 1 heterocycles. The van der Waals surface area contributed by atoms with Crippen molar-refractivity contribution in [2.75, 3.05) is 5.73 Å². The van der Waals surface area contributed by atoms with Gasteiger partial charge in [0.1, 0.15) is 11.4 Å². The van der Waals surface area contributed by atoms with Gasteiger partial charge in [-0.25, -0.2) is 0 Å². The van der Waals surface area contributed by atoms with E-state index in [4.69, 9.17) is 11.1 Å². The Hall–Kier alpha value is -2.57. The number of aromatic hydroxyl groups is 1. The van der Waals surface area contributed by atoms with Crippen molar-refractivity contribution < 1.29 is 18.3 Å². The summed E-state index contributed by atoms with van der Waals surface area (Å²) in [4.78, 5) is 3.85. The number of anilines is 1. The highest BCUT2D eigenvalue weighted by molar-refractivity contribution is 5.95. The lowest BCUT2D eigenvalue weighted by Crippen LogP contribution is -2.08. The zero-order valence-electron chi connectivity index (χ0n) is 10.1. The number of benzene rings is 1. The first-order chi connectivity index (χ1) is 9.34. The Morgan fingerprint density at radius 1 is 1.30 bits per heavy atom. The van der Waals surface area contributed by atoms with Crippen molar-refractivity contribution in [1.82, 2.24) is 4.98 Å². The van der Waals surface area contributed by atoms with Crippen molar-refractivity contribution in [3.05, 3.63) is 41.6 Å². The van der Waals surface area contributed by atoms with E-state index in [2.05, 4.69) is 4.98 Å². The predicted molar refractivity (Wildman–Crippen MR) is 68.6 cm³/mol. The average molecular weight is 281 g/mol. The first-order valence-corrected chi connectivity index (χ1v) is 5.50. The van der Waals surface area contributed by atoms with E-state index in [0.29, 0.717) is 0 Å². The van der Waals surface area contributed by atoms with Crippen LogP contribution in [0.25, 0.3) is 11.3 Å². The zero-order chi connectivity index (χ0) is 14.9. The van der Waals surface area contributed by atoms with Crippen molar-refractivity contribution in [1.29, 1.82) is 5.41 Å². The van der Waals surface area contributed by atoms with Gasteiger partial charge in [-0.15, -0.1) is 0 Å². The molecule has 0 aliphatic carbocycles. The van der Waals surface area contributed by atoms with E-state index in [1.807, 2.05) is 0 Å². The Morgan fingerprint density at radius 3 is 2.55 bits per heavy atom. The van der Waals surface area contributed by atoms with Gasteiger partial charge in [0.25, 0.3) is 0 Å². The van der Waals surface area contributed by atoms with Crippen LogP contribution >= 0.6 is 0 Å². The van der Waals surface area contributed by atoms with Crippen molar-refractivity contribution in [2.45, 2.75) is 6.18 Å². The molecule has 0 unspecified atom stereocenters. The number of pyridine rings is 1. The summed E-state index contributed by atoms with van der Waals surface area (Å²) in [6.07, 6.45) is -2.41. The topological polar surface area (TPSA) is 83.0 Å². The summed E-state index contributed by atoms with van der Waals surface area (Å²) in [5, 5.41) is 17.0. The number of nitrogens with one attached hydrogen (secondary N) is 1. The number of nitrogens with zero attached hydrogens (tertiary/aromatic N) is 1. The SMILES string of the molecule is N=Cc1c(N)cc(C(F)(F)F)cc1-c1ncccc1O. The van der Waals surface area contributed by atoms with Crippen LogP contribution in [0.3, 0.4) is 0 Å². The van der Waals surface area contributed by atoms with Crippen LogP contribution in [0.15, 0.2) is 30.5 Å². The molecular formula is C13H10F3N3O. The summed E-state index contributed by atoms with van der Waals surface area (Å²) < 4.78 is 38.4. The van der Waals surface area contributed by atoms with Crippen LogP contribution in [0.5, 0.6) is 5.75 Å². The first kappa shape index (κ1) is 13.9. The number of nitrogen functional groups attached to an aromatic ring is 1. The summed E-state index contributed by atoms with van der Waals surface area (Å²) in [6.45, 7) is 0. The summed E-state index contributed by atoms with van der Waals surface area (Å²) >= 11 is 0. The van der Waals surface area contributed by atoms with Crippen LogP contribution in [0, 0.1) is 5.41 Å². The van der Waals surface area contributed by atoms with E-state index in [-0.39, 0.29) is 28.3 Å². The predicted octanol–water partition coefficient (Wildman–Crippen LogP) is 3.05.